The van der Waals surface area contributed by atoms with Crippen LogP contribution < -0.4 is 5.73 Å². The molecule has 1 heterocycles. The van der Waals surface area contributed by atoms with Crippen molar-refractivity contribution < 1.29 is 29.4 Å². The van der Waals surface area contributed by atoms with Gasteiger partial charge in [0, 0.05) is 19.3 Å². The zero-order valence-electron chi connectivity index (χ0n) is 12.1. The molecule has 1 aliphatic heterocycles. The highest BCUT2D eigenvalue weighted by molar-refractivity contribution is 6.06. The molecule has 1 unspecified atom stereocenters. The van der Waals surface area contributed by atoms with E-state index in [-0.39, 0.29) is 19.3 Å². The van der Waals surface area contributed by atoms with E-state index < -0.39 is 35.3 Å². The molecule has 0 spiro atoms. The largest absolute Gasteiger partial charge is 0.480 e. The average Bonchev–Trinajstić information content (AvgIpc) is 2.80. The van der Waals surface area contributed by atoms with Crippen LogP contribution in [-0.2, 0) is 25.6 Å². The first-order chi connectivity index (χ1) is 10.8. The summed E-state index contributed by atoms with van der Waals surface area (Å²) in [4.78, 5) is 47.5. The topological polar surface area (TPSA) is 138 Å². The highest BCUT2D eigenvalue weighted by atomic mass is 16.4. The summed E-state index contributed by atoms with van der Waals surface area (Å²) in [6.45, 7) is 0. The van der Waals surface area contributed by atoms with E-state index in [1.807, 2.05) is 0 Å². The van der Waals surface area contributed by atoms with Crippen LogP contribution in [0.1, 0.15) is 18.4 Å². The van der Waals surface area contributed by atoms with Crippen LogP contribution >= 0.6 is 0 Å². The molecule has 1 aromatic carbocycles. The summed E-state index contributed by atoms with van der Waals surface area (Å²) < 4.78 is 0. The molecular formula is C15H16N2O6. The third kappa shape index (κ3) is 3.07. The van der Waals surface area contributed by atoms with Crippen LogP contribution in [0.3, 0.4) is 0 Å². The molecule has 8 heteroatoms. The number of benzene rings is 1. The molecule has 1 fully saturated rings. The lowest BCUT2D eigenvalue weighted by molar-refractivity contribution is -0.163. The van der Waals surface area contributed by atoms with Crippen molar-refractivity contribution >= 4 is 23.8 Å². The number of hydrogen-bond acceptors (Lipinski definition) is 5. The number of carbonyl (C=O) groups excluding carboxylic acids is 2. The van der Waals surface area contributed by atoms with Crippen LogP contribution in [0, 0.1) is 0 Å². The van der Waals surface area contributed by atoms with E-state index in [1.54, 1.807) is 30.3 Å². The quantitative estimate of drug-likeness (QED) is 0.607. The monoisotopic (exact) mass is 320 g/mol. The van der Waals surface area contributed by atoms with E-state index >= 15 is 0 Å². The van der Waals surface area contributed by atoms with Gasteiger partial charge in [-0.05, 0) is 5.56 Å². The van der Waals surface area contributed by atoms with Crippen LogP contribution in [0.15, 0.2) is 30.3 Å². The summed E-state index contributed by atoms with van der Waals surface area (Å²) in [6, 6.07) is 6.24. The van der Waals surface area contributed by atoms with Crippen molar-refractivity contribution in [2.24, 2.45) is 5.73 Å². The fourth-order valence-electron chi connectivity index (χ4n) is 2.67. The van der Waals surface area contributed by atoms with E-state index in [0.717, 1.165) is 0 Å². The Morgan fingerprint density at radius 3 is 2.09 bits per heavy atom. The maximum atomic E-state index is 11.8. The number of aliphatic carboxylic acids is 2. The number of likely N-dealkylation sites (tertiary alicyclic amines) is 1. The standard InChI is InChI=1S/C15H16N2O6/c16-15(14(22)23,8-9-4-2-1-3-5-9)12(13(20)21)17-10(18)6-7-11(17)19/h1-5,12H,6-8,16H2,(H,20,21)(H,22,23)/t12?,15-/m0/s1. The minimum atomic E-state index is -2.33. The van der Waals surface area contributed by atoms with Gasteiger partial charge < -0.3 is 15.9 Å². The predicted molar refractivity (Wildman–Crippen MR) is 77.2 cm³/mol. The molecule has 1 aromatic rings. The molecule has 8 nitrogen and oxygen atoms in total. The average molecular weight is 320 g/mol. The molecule has 0 aromatic heterocycles. The van der Waals surface area contributed by atoms with Gasteiger partial charge in [0.05, 0.1) is 0 Å². The second-order valence-electron chi connectivity index (χ2n) is 5.41. The maximum absolute atomic E-state index is 11.8. The molecule has 0 radical (unpaired) electrons. The minimum absolute atomic E-state index is 0.149. The van der Waals surface area contributed by atoms with E-state index in [0.29, 0.717) is 10.5 Å². The van der Waals surface area contributed by atoms with Gasteiger partial charge in [-0.25, -0.2) is 4.79 Å². The van der Waals surface area contributed by atoms with Gasteiger partial charge in [-0.3, -0.25) is 19.3 Å². The fraction of sp³-hybridized carbons (Fsp3) is 0.333. The first-order valence-electron chi connectivity index (χ1n) is 6.91. The molecule has 0 saturated carbocycles. The van der Waals surface area contributed by atoms with Crippen LogP contribution in [0.25, 0.3) is 0 Å². The Labute approximate surface area is 131 Å². The van der Waals surface area contributed by atoms with Gasteiger partial charge in [-0.15, -0.1) is 0 Å². The van der Waals surface area contributed by atoms with Crippen molar-refractivity contribution in [2.75, 3.05) is 0 Å². The third-order valence-electron chi connectivity index (χ3n) is 3.81. The Bertz CT molecular complexity index is 643. The van der Waals surface area contributed by atoms with Gasteiger partial charge in [0.15, 0.2) is 11.6 Å². The molecule has 2 rings (SSSR count). The van der Waals surface area contributed by atoms with Gasteiger partial charge in [0.1, 0.15) is 0 Å². The number of nitrogens with zero attached hydrogens (tertiary/aromatic N) is 1. The molecule has 0 bridgehead atoms. The van der Waals surface area contributed by atoms with Crippen LogP contribution in [0.2, 0.25) is 0 Å². The predicted octanol–water partition coefficient (Wildman–Crippen LogP) is -0.387. The van der Waals surface area contributed by atoms with Crippen molar-refractivity contribution in [3.63, 3.8) is 0 Å². The summed E-state index contributed by atoms with van der Waals surface area (Å²) in [6.07, 6.45) is -0.634. The van der Waals surface area contributed by atoms with Crippen molar-refractivity contribution in [2.45, 2.75) is 30.8 Å². The van der Waals surface area contributed by atoms with Gasteiger partial charge in [0.25, 0.3) is 0 Å². The fourth-order valence-corrected chi connectivity index (χ4v) is 2.67. The normalized spacial score (nSPS) is 18.6. The van der Waals surface area contributed by atoms with Crippen molar-refractivity contribution in [3.05, 3.63) is 35.9 Å². The smallest absolute Gasteiger partial charge is 0.329 e. The van der Waals surface area contributed by atoms with Gasteiger partial charge in [0.2, 0.25) is 11.8 Å². The number of imide groups is 1. The lowest BCUT2D eigenvalue weighted by Crippen LogP contribution is -2.68. The Morgan fingerprint density at radius 2 is 1.65 bits per heavy atom. The highest BCUT2D eigenvalue weighted by Crippen LogP contribution is 2.26. The Kier molecular flexibility index (Phi) is 4.46. The summed E-state index contributed by atoms with van der Waals surface area (Å²) in [5.74, 6) is -4.69. The Balaban J connectivity index is 2.47. The van der Waals surface area contributed by atoms with Crippen LogP contribution in [0.5, 0.6) is 0 Å². The van der Waals surface area contributed by atoms with Gasteiger partial charge in [-0.2, -0.15) is 0 Å². The van der Waals surface area contributed by atoms with Gasteiger partial charge >= 0.3 is 11.9 Å². The molecule has 23 heavy (non-hydrogen) atoms. The zero-order chi connectivity index (χ0) is 17.2. The number of rotatable bonds is 6. The van der Waals surface area contributed by atoms with Gasteiger partial charge in [-0.1, -0.05) is 30.3 Å². The third-order valence-corrected chi connectivity index (χ3v) is 3.81. The molecule has 1 aliphatic rings. The Morgan fingerprint density at radius 1 is 1.13 bits per heavy atom. The number of nitrogens with two attached hydrogens (primary N) is 1. The first kappa shape index (κ1) is 16.6. The number of carboxylic acid groups (broad SMARTS) is 2. The summed E-state index contributed by atoms with van der Waals surface area (Å²) >= 11 is 0. The Hall–Kier alpha value is -2.74. The van der Waals surface area contributed by atoms with Crippen molar-refractivity contribution in [3.8, 4) is 0 Å². The SMILES string of the molecule is N[C@](Cc1ccccc1)(C(=O)O)C(C(=O)O)N1C(=O)CCC1=O. The minimum Gasteiger partial charge on any atom is -0.480 e. The number of amides is 2. The van der Waals surface area contributed by atoms with Crippen LogP contribution in [0.4, 0.5) is 0 Å². The van der Waals surface area contributed by atoms with E-state index in [9.17, 15) is 29.4 Å². The number of hydrogen-bond donors (Lipinski definition) is 3. The molecular weight excluding hydrogens is 304 g/mol. The molecule has 2 atom stereocenters. The molecule has 4 N–H and O–H groups in total. The summed E-state index contributed by atoms with van der Waals surface area (Å²) in [7, 11) is 0. The first-order valence-corrected chi connectivity index (χ1v) is 6.91. The molecule has 122 valence electrons. The van der Waals surface area contributed by atoms with Crippen LogP contribution in [-0.4, -0.2) is 50.4 Å². The van der Waals surface area contributed by atoms with E-state index in [2.05, 4.69) is 0 Å². The molecule has 2 amide bonds. The number of carboxylic acids is 2. The second-order valence-corrected chi connectivity index (χ2v) is 5.41. The lowest BCUT2D eigenvalue weighted by atomic mass is 9.83. The van der Waals surface area contributed by atoms with Crippen molar-refractivity contribution in [1.82, 2.24) is 4.90 Å². The maximum Gasteiger partial charge on any atom is 0.329 e. The number of carbonyl (C=O) groups is 4. The lowest BCUT2D eigenvalue weighted by Gasteiger charge is -2.35. The van der Waals surface area contributed by atoms with E-state index in [4.69, 9.17) is 5.73 Å². The van der Waals surface area contributed by atoms with Crippen molar-refractivity contribution in [1.29, 1.82) is 0 Å². The highest BCUT2D eigenvalue weighted by Gasteiger charge is 2.54. The summed E-state index contributed by atoms with van der Waals surface area (Å²) in [5, 5.41) is 19.0. The summed E-state index contributed by atoms with van der Waals surface area (Å²) in [5.41, 5.74) is 4.05. The van der Waals surface area contributed by atoms with E-state index in [1.165, 1.54) is 0 Å². The second kappa shape index (κ2) is 6.17. The molecule has 1 saturated heterocycles. The zero-order valence-corrected chi connectivity index (χ0v) is 12.1. The molecule has 0 aliphatic carbocycles.